The van der Waals surface area contributed by atoms with E-state index in [1.165, 1.54) is 30.6 Å². The fourth-order valence-corrected chi connectivity index (χ4v) is 3.79. The summed E-state index contributed by atoms with van der Waals surface area (Å²) in [6.07, 6.45) is 2.65. The molecule has 3 nitrogen and oxygen atoms in total. The highest BCUT2D eigenvalue weighted by Gasteiger charge is 2.24. The molecule has 2 unspecified atom stereocenters. The molecule has 2 rings (SSSR count). The van der Waals surface area contributed by atoms with Gasteiger partial charge in [0.05, 0.1) is 0 Å². The van der Waals surface area contributed by atoms with E-state index in [1.54, 1.807) is 0 Å². The zero-order valence-electron chi connectivity index (χ0n) is 12.8. The standard InChI is InChI=1S/C16H26BrN3/c1-4-20-9-5-6-14(20)11-19(3)13-7-8-15(12(2)18)16(17)10-13/h7-8,10,12,14H,4-6,9,11,18H2,1-3H3. The maximum Gasteiger partial charge on any atom is 0.0375 e. The van der Waals surface area contributed by atoms with Gasteiger partial charge < -0.3 is 10.6 Å². The van der Waals surface area contributed by atoms with E-state index < -0.39 is 0 Å². The van der Waals surface area contributed by atoms with Gasteiger partial charge in [-0.15, -0.1) is 0 Å². The molecule has 4 heteroatoms. The Morgan fingerprint density at radius 2 is 2.25 bits per heavy atom. The van der Waals surface area contributed by atoms with E-state index in [2.05, 4.69) is 57.9 Å². The van der Waals surface area contributed by atoms with Crippen LogP contribution in [0.2, 0.25) is 0 Å². The highest BCUT2D eigenvalue weighted by molar-refractivity contribution is 9.10. The number of likely N-dealkylation sites (tertiary alicyclic amines) is 1. The van der Waals surface area contributed by atoms with Crippen LogP contribution in [-0.4, -0.2) is 37.6 Å². The van der Waals surface area contributed by atoms with Crippen molar-refractivity contribution in [1.29, 1.82) is 0 Å². The second-order valence-corrected chi connectivity index (χ2v) is 6.65. The van der Waals surface area contributed by atoms with Crippen LogP contribution in [0, 0.1) is 0 Å². The van der Waals surface area contributed by atoms with E-state index in [0.29, 0.717) is 6.04 Å². The van der Waals surface area contributed by atoms with Gasteiger partial charge in [-0.25, -0.2) is 0 Å². The Labute approximate surface area is 131 Å². The minimum Gasteiger partial charge on any atom is -0.373 e. The molecule has 1 aliphatic heterocycles. The molecule has 0 spiro atoms. The molecule has 2 atom stereocenters. The van der Waals surface area contributed by atoms with Crippen molar-refractivity contribution in [3.63, 3.8) is 0 Å². The molecule has 0 radical (unpaired) electrons. The van der Waals surface area contributed by atoms with Gasteiger partial charge in [-0.2, -0.15) is 0 Å². The average Bonchev–Trinajstić information content (AvgIpc) is 2.85. The molecule has 1 heterocycles. The van der Waals surface area contributed by atoms with E-state index in [9.17, 15) is 0 Å². The van der Waals surface area contributed by atoms with Crippen LogP contribution in [0.3, 0.4) is 0 Å². The van der Waals surface area contributed by atoms with E-state index in [0.717, 1.165) is 17.6 Å². The first-order valence-corrected chi connectivity index (χ1v) is 8.32. The fraction of sp³-hybridized carbons (Fsp3) is 0.625. The van der Waals surface area contributed by atoms with E-state index in [-0.39, 0.29) is 6.04 Å². The van der Waals surface area contributed by atoms with Crippen molar-refractivity contribution in [3.05, 3.63) is 28.2 Å². The van der Waals surface area contributed by atoms with Gasteiger partial charge in [-0.1, -0.05) is 28.9 Å². The number of anilines is 1. The molecule has 20 heavy (non-hydrogen) atoms. The van der Waals surface area contributed by atoms with Gasteiger partial charge in [-0.05, 0) is 50.6 Å². The molecule has 0 saturated carbocycles. The molecular formula is C16H26BrN3. The second-order valence-electron chi connectivity index (χ2n) is 5.80. The van der Waals surface area contributed by atoms with Crippen LogP contribution in [0.4, 0.5) is 5.69 Å². The van der Waals surface area contributed by atoms with Crippen molar-refractivity contribution < 1.29 is 0 Å². The zero-order valence-corrected chi connectivity index (χ0v) is 14.4. The summed E-state index contributed by atoms with van der Waals surface area (Å²) in [6, 6.07) is 7.25. The van der Waals surface area contributed by atoms with Crippen LogP contribution in [0.5, 0.6) is 0 Å². The quantitative estimate of drug-likeness (QED) is 0.892. The molecular weight excluding hydrogens is 314 g/mol. The average molecular weight is 340 g/mol. The molecule has 2 N–H and O–H groups in total. The Morgan fingerprint density at radius 1 is 1.50 bits per heavy atom. The lowest BCUT2D eigenvalue weighted by atomic mass is 10.1. The van der Waals surface area contributed by atoms with Gasteiger partial charge in [-0.3, -0.25) is 4.90 Å². The highest BCUT2D eigenvalue weighted by atomic mass is 79.9. The maximum absolute atomic E-state index is 5.96. The Bertz CT molecular complexity index is 447. The first-order chi connectivity index (χ1) is 9.52. The summed E-state index contributed by atoms with van der Waals surface area (Å²) < 4.78 is 1.11. The Kier molecular flexibility index (Phi) is 5.47. The summed E-state index contributed by atoms with van der Waals surface area (Å²) in [6.45, 7) is 7.78. The molecule has 0 amide bonds. The molecule has 0 bridgehead atoms. The summed E-state index contributed by atoms with van der Waals surface area (Å²) in [4.78, 5) is 4.94. The lowest BCUT2D eigenvalue weighted by molar-refractivity contribution is 0.270. The third-order valence-electron chi connectivity index (χ3n) is 4.31. The normalized spacial score (nSPS) is 21.1. The van der Waals surface area contributed by atoms with Crippen molar-refractivity contribution >= 4 is 21.6 Å². The van der Waals surface area contributed by atoms with Crippen LogP contribution in [0.25, 0.3) is 0 Å². The molecule has 1 fully saturated rings. The van der Waals surface area contributed by atoms with Crippen molar-refractivity contribution in [2.75, 3.05) is 31.6 Å². The fourth-order valence-electron chi connectivity index (χ4n) is 3.06. The Balaban J connectivity index is 2.05. The number of hydrogen-bond acceptors (Lipinski definition) is 3. The monoisotopic (exact) mass is 339 g/mol. The summed E-state index contributed by atoms with van der Waals surface area (Å²) >= 11 is 3.64. The Morgan fingerprint density at radius 3 is 2.85 bits per heavy atom. The lowest BCUT2D eigenvalue weighted by Gasteiger charge is -2.29. The molecule has 0 aromatic heterocycles. The number of rotatable bonds is 5. The van der Waals surface area contributed by atoms with E-state index >= 15 is 0 Å². The van der Waals surface area contributed by atoms with Crippen LogP contribution in [0.15, 0.2) is 22.7 Å². The molecule has 112 valence electrons. The molecule has 1 saturated heterocycles. The predicted molar refractivity (Wildman–Crippen MR) is 90.3 cm³/mol. The van der Waals surface area contributed by atoms with Crippen molar-refractivity contribution in [2.45, 2.75) is 38.8 Å². The van der Waals surface area contributed by atoms with Crippen molar-refractivity contribution in [1.82, 2.24) is 4.90 Å². The SMILES string of the molecule is CCN1CCCC1CN(C)c1ccc(C(C)N)c(Br)c1. The number of likely N-dealkylation sites (N-methyl/N-ethyl adjacent to an activating group) is 2. The van der Waals surface area contributed by atoms with Crippen molar-refractivity contribution in [3.8, 4) is 0 Å². The van der Waals surface area contributed by atoms with Crippen LogP contribution in [0.1, 0.15) is 38.3 Å². The lowest BCUT2D eigenvalue weighted by Crippen LogP contribution is -2.38. The number of hydrogen-bond donors (Lipinski definition) is 1. The molecule has 0 aliphatic carbocycles. The van der Waals surface area contributed by atoms with Gasteiger partial charge in [0.1, 0.15) is 0 Å². The predicted octanol–water partition coefficient (Wildman–Crippen LogP) is 3.39. The van der Waals surface area contributed by atoms with Crippen LogP contribution in [-0.2, 0) is 0 Å². The number of halogens is 1. The van der Waals surface area contributed by atoms with E-state index in [4.69, 9.17) is 5.73 Å². The zero-order chi connectivity index (χ0) is 14.7. The summed E-state index contributed by atoms with van der Waals surface area (Å²) in [7, 11) is 2.18. The smallest absolute Gasteiger partial charge is 0.0375 e. The minimum atomic E-state index is 0.0640. The Hall–Kier alpha value is -0.580. The topological polar surface area (TPSA) is 32.5 Å². The van der Waals surface area contributed by atoms with Crippen molar-refractivity contribution in [2.24, 2.45) is 5.73 Å². The second kappa shape index (κ2) is 6.92. The number of nitrogens with two attached hydrogens (primary N) is 1. The van der Waals surface area contributed by atoms with Gasteiger partial charge in [0.2, 0.25) is 0 Å². The minimum absolute atomic E-state index is 0.0640. The summed E-state index contributed by atoms with van der Waals surface area (Å²) in [5.74, 6) is 0. The number of benzene rings is 1. The number of nitrogens with zero attached hydrogens (tertiary/aromatic N) is 2. The third-order valence-corrected chi connectivity index (χ3v) is 4.99. The maximum atomic E-state index is 5.96. The van der Waals surface area contributed by atoms with Gasteiger partial charge in [0, 0.05) is 35.8 Å². The van der Waals surface area contributed by atoms with Gasteiger partial charge in [0.25, 0.3) is 0 Å². The largest absolute Gasteiger partial charge is 0.373 e. The molecule has 1 aliphatic rings. The molecule has 1 aromatic carbocycles. The van der Waals surface area contributed by atoms with E-state index in [1.807, 2.05) is 6.92 Å². The third kappa shape index (κ3) is 3.54. The summed E-state index contributed by atoms with van der Waals surface area (Å²) in [5.41, 5.74) is 8.38. The van der Waals surface area contributed by atoms with Gasteiger partial charge in [0.15, 0.2) is 0 Å². The molecule has 1 aromatic rings. The van der Waals surface area contributed by atoms with Gasteiger partial charge >= 0.3 is 0 Å². The highest BCUT2D eigenvalue weighted by Crippen LogP contribution is 2.28. The van der Waals surface area contributed by atoms with Crippen LogP contribution >= 0.6 is 15.9 Å². The first-order valence-electron chi connectivity index (χ1n) is 7.53. The summed E-state index contributed by atoms with van der Waals surface area (Å²) in [5, 5.41) is 0. The first kappa shape index (κ1) is 15.8. The van der Waals surface area contributed by atoms with Crippen LogP contribution < -0.4 is 10.6 Å².